The lowest BCUT2D eigenvalue weighted by atomic mass is 10.0. The van der Waals surface area contributed by atoms with Gasteiger partial charge in [-0.15, -0.1) is 0 Å². The van der Waals surface area contributed by atoms with E-state index in [0.717, 1.165) is 44.4 Å². The van der Waals surface area contributed by atoms with Gasteiger partial charge in [-0.05, 0) is 156 Å². The van der Waals surface area contributed by atoms with Crippen LogP contribution in [0.3, 0.4) is 0 Å². The number of rotatable bonds is 16. The first kappa shape index (κ1) is 49.6. The second-order valence-electron chi connectivity index (χ2n) is 18.1. The van der Waals surface area contributed by atoms with Crippen molar-refractivity contribution in [2.45, 2.75) is 73.6 Å². The van der Waals surface area contributed by atoms with Crippen molar-refractivity contribution in [3.05, 3.63) is 250 Å². The molecule has 0 aliphatic heterocycles. The molecule has 0 aliphatic carbocycles. The zero-order valence-electron chi connectivity index (χ0n) is 39.1. The van der Waals surface area contributed by atoms with Gasteiger partial charge in [0.1, 0.15) is 46.4 Å². The van der Waals surface area contributed by atoms with Gasteiger partial charge in [0, 0.05) is 12.8 Å². The van der Waals surface area contributed by atoms with Crippen molar-refractivity contribution in [3.8, 4) is 0 Å². The molecular formula is C61H64Cl2P2. The highest BCUT2D eigenvalue weighted by Gasteiger charge is 2.46. The molecule has 0 amide bonds. The van der Waals surface area contributed by atoms with Crippen LogP contribution in [0.5, 0.6) is 0 Å². The van der Waals surface area contributed by atoms with Gasteiger partial charge >= 0.3 is 0 Å². The van der Waals surface area contributed by atoms with Crippen molar-refractivity contribution in [3.63, 3.8) is 0 Å². The lowest BCUT2D eigenvalue weighted by Crippen LogP contribution is -3.00. The van der Waals surface area contributed by atoms with Crippen molar-refractivity contribution in [2.75, 3.05) is 12.3 Å². The van der Waals surface area contributed by atoms with Crippen LogP contribution in [-0.4, -0.2) is 12.3 Å². The smallest absolute Gasteiger partial charge is 0.112 e. The maximum Gasteiger partial charge on any atom is 0.112 e. The summed E-state index contributed by atoms with van der Waals surface area (Å²) in [6.45, 7) is 13.2. The molecule has 0 aliphatic rings. The van der Waals surface area contributed by atoms with Gasteiger partial charge in [0.15, 0.2) is 0 Å². The minimum atomic E-state index is -1.90. The molecule has 0 saturated heterocycles. The monoisotopic (exact) mass is 928 g/mol. The number of benzene rings is 8. The van der Waals surface area contributed by atoms with Crippen molar-refractivity contribution < 1.29 is 24.8 Å². The summed E-state index contributed by atoms with van der Waals surface area (Å²) < 4.78 is 0. The predicted octanol–water partition coefficient (Wildman–Crippen LogP) is 6.79. The van der Waals surface area contributed by atoms with Crippen LogP contribution in [0.25, 0.3) is 0 Å². The summed E-state index contributed by atoms with van der Waals surface area (Å²) in [5, 5.41) is 8.79. The van der Waals surface area contributed by atoms with Crippen molar-refractivity contribution in [2.24, 2.45) is 0 Å². The van der Waals surface area contributed by atoms with E-state index in [4.69, 9.17) is 0 Å². The molecular weight excluding hydrogens is 866 g/mol. The lowest BCUT2D eigenvalue weighted by Gasteiger charge is -2.28. The second kappa shape index (κ2) is 22.6. The van der Waals surface area contributed by atoms with Crippen molar-refractivity contribution in [1.29, 1.82) is 0 Å². The molecule has 0 fully saturated rings. The molecule has 0 aromatic heterocycles. The normalized spacial score (nSPS) is 11.4. The van der Waals surface area contributed by atoms with E-state index in [1.165, 1.54) is 87.5 Å². The molecule has 0 unspecified atom stereocenters. The predicted molar refractivity (Wildman–Crippen MR) is 281 cm³/mol. The Bertz CT molecular complexity index is 2270. The van der Waals surface area contributed by atoms with Crippen molar-refractivity contribution in [1.82, 2.24) is 0 Å². The van der Waals surface area contributed by atoms with E-state index in [9.17, 15) is 0 Å². The van der Waals surface area contributed by atoms with Crippen LogP contribution in [0.1, 0.15) is 62.1 Å². The van der Waals surface area contributed by atoms with E-state index < -0.39 is 14.5 Å². The molecule has 8 rings (SSSR count). The van der Waals surface area contributed by atoms with E-state index in [1.54, 1.807) is 0 Å². The topological polar surface area (TPSA) is 0 Å². The minimum absolute atomic E-state index is 0. The molecule has 8 aromatic carbocycles. The van der Waals surface area contributed by atoms with Crippen LogP contribution in [0.2, 0.25) is 0 Å². The first-order valence-electron chi connectivity index (χ1n) is 23.0. The van der Waals surface area contributed by atoms with Crippen LogP contribution in [-0.2, 0) is 25.7 Å². The largest absolute Gasteiger partial charge is 1.00 e. The third-order valence-corrected chi connectivity index (χ3v) is 22.2. The fourth-order valence-corrected chi connectivity index (χ4v) is 17.8. The fraction of sp³-hybridized carbons (Fsp3) is 0.213. The zero-order valence-corrected chi connectivity index (χ0v) is 42.4. The first-order valence-corrected chi connectivity index (χ1v) is 26.9. The molecule has 0 saturated carbocycles. The number of halogens is 2. The summed E-state index contributed by atoms with van der Waals surface area (Å²) >= 11 is 0. The van der Waals surface area contributed by atoms with Crippen LogP contribution in [0, 0.1) is 41.5 Å². The summed E-state index contributed by atoms with van der Waals surface area (Å²) in [5.74, 6) is 0. The Kier molecular flexibility index (Phi) is 17.3. The SMILES string of the molecule is Cc1ccc([P+](CCc2ccc(CCCc3ccc(CC[P+](c4ccc(C)cc4)(c4ccc(C)cc4)c4ccc(C)cc4)cc3)cc2)(c2ccc(C)cc2)c2ccc(C)cc2)cc1.[Cl-].[Cl-]. The van der Waals surface area contributed by atoms with E-state index in [0.29, 0.717) is 0 Å². The molecule has 0 spiro atoms. The third kappa shape index (κ3) is 11.6. The summed E-state index contributed by atoms with van der Waals surface area (Å²) in [6, 6.07) is 75.5. The summed E-state index contributed by atoms with van der Waals surface area (Å²) in [4.78, 5) is 0. The Morgan fingerprint density at radius 2 is 0.400 bits per heavy atom. The lowest BCUT2D eigenvalue weighted by molar-refractivity contribution is -0.001000. The maximum atomic E-state index is 2.40. The van der Waals surface area contributed by atoms with Crippen molar-refractivity contribution >= 4 is 46.4 Å². The van der Waals surface area contributed by atoms with Crippen LogP contribution in [0.15, 0.2) is 194 Å². The van der Waals surface area contributed by atoms with Gasteiger partial charge in [0.2, 0.25) is 0 Å². The number of aryl methyl sites for hydroxylation is 10. The fourth-order valence-electron chi connectivity index (χ4n) is 9.30. The Balaban J connectivity index is 0.00000350. The average Bonchev–Trinajstić information content (AvgIpc) is 3.30. The van der Waals surface area contributed by atoms with Gasteiger partial charge in [0.25, 0.3) is 0 Å². The van der Waals surface area contributed by atoms with E-state index in [-0.39, 0.29) is 24.8 Å². The van der Waals surface area contributed by atoms with E-state index >= 15 is 0 Å². The molecule has 8 aromatic rings. The van der Waals surface area contributed by atoms with E-state index in [1.807, 2.05) is 0 Å². The molecule has 0 bridgehead atoms. The van der Waals surface area contributed by atoms with Gasteiger partial charge in [-0.1, -0.05) is 155 Å². The molecule has 0 atom stereocenters. The molecule has 0 N–H and O–H groups in total. The highest BCUT2D eigenvalue weighted by atomic mass is 35.5. The Morgan fingerprint density at radius 3 is 0.585 bits per heavy atom. The quantitative estimate of drug-likeness (QED) is 0.0938. The first-order chi connectivity index (χ1) is 30.6. The second-order valence-corrected chi connectivity index (χ2v) is 25.3. The Labute approximate surface area is 404 Å². The van der Waals surface area contributed by atoms with E-state index in [2.05, 4.69) is 236 Å². The summed E-state index contributed by atoms with van der Waals surface area (Å²) in [5.41, 5.74) is 13.5. The van der Waals surface area contributed by atoms with Gasteiger partial charge in [-0.3, -0.25) is 0 Å². The summed E-state index contributed by atoms with van der Waals surface area (Å²) in [6.07, 6.45) is 7.61. The third-order valence-electron chi connectivity index (χ3n) is 13.3. The van der Waals surface area contributed by atoms with Crippen LogP contribution in [0.4, 0.5) is 0 Å². The van der Waals surface area contributed by atoms with Gasteiger partial charge in [-0.2, -0.15) is 0 Å². The maximum absolute atomic E-state index is 2.40. The minimum Gasteiger partial charge on any atom is -1.00 e. The Hall–Kier alpha value is -4.80. The molecule has 0 heterocycles. The Morgan fingerprint density at radius 1 is 0.231 bits per heavy atom. The highest BCUT2D eigenvalue weighted by molar-refractivity contribution is 7.96. The van der Waals surface area contributed by atoms with Gasteiger partial charge < -0.3 is 24.8 Å². The molecule has 65 heavy (non-hydrogen) atoms. The molecule has 0 nitrogen and oxygen atoms in total. The molecule has 332 valence electrons. The number of hydrogen-bond donors (Lipinski definition) is 0. The van der Waals surface area contributed by atoms with Gasteiger partial charge in [0.05, 0.1) is 12.3 Å². The number of hydrogen-bond acceptors (Lipinski definition) is 0. The molecule has 0 radical (unpaired) electrons. The van der Waals surface area contributed by atoms with Gasteiger partial charge in [-0.25, -0.2) is 0 Å². The van der Waals surface area contributed by atoms with Crippen LogP contribution < -0.4 is 56.6 Å². The zero-order chi connectivity index (χ0) is 43.8. The average molecular weight is 930 g/mol. The van der Waals surface area contributed by atoms with Crippen LogP contribution >= 0.6 is 14.5 Å². The molecule has 4 heteroatoms. The highest BCUT2D eigenvalue weighted by Crippen LogP contribution is 2.57. The summed E-state index contributed by atoms with van der Waals surface area (Å²) in [7, 11) is -3.81. The standard InChI is InChI=1S/C61H64P2.2ClH/c1-46-10-30-56(31-11-46)62(57-32-12-47(2)13-33-57,58-34-14-48(3)15-35-58)44-42-54-26-22-52(23-27-54)8-7-9-53-24-28-55(29-25-53)43-45-63(59-36-16-49(4)17-37-59,60-38-18-50(5)19-39-60)61-40-20-51(6)21-41-61;;/h10-41H,7-9,42-45H2,1-6H3;2*1H/q+2;;/p-2.